The highest BCUT2D eigenvalue weighted by Crippen LogP contribution is 2.47. The van der Waals surface area contributed by atoms with E-state index in [2.05, 4.69) is 33.9 Å². The zero-order valence-electron chi connectivity index (χ0n) is 18.5. The molecule has 0 bridgehead atoms. The fourth-order valence-corrected chi connectivity index (χ4v) is 5.68. The second-order valence-electron chi connectivity index (χ2n) is 9.19. The van der Waals surface area contributed by atoms with Crippen molar-refractivity contribution >= 4 is 32.0 Å². The van der Waals surface area contributed by atoms with Gasteiger partial charge < -0.3 is 19.2 Å². The summed E-state index contributed by atoms with van der Waals surface area (Å²) in [5.41, 5.74) is 1.82. The van der Waals surface area contributed by atoms with Crippen molar-refractivity contribution in [1.82, 2.24) is 4.90 Å². The largest absolute Gasteiger partial charge is 0.509 e. The van der Waals surface area contributed by atoms with Crippen molar-refractivity contribution in [1.29, 1.82) is 0 Å². The molecule has 0 aliphatic carbocycles. The lowest BCUT2D eigenvalue weighted by Gasteiger charge is -2.36. The van der Waals surface area contributed by atoms with Gasteiger partial charge in [-0.3, -0.25) is 4.79 Å². The number of aliphatic hydroxyl groups excluding tert-OH is 1. The van der Waals surface area contributed by atoms with Gasteiger partial charge in [0.1, 0.15) is 17.2 Å². The van der Waals surface area contributed by atoms with Crippen LogP contribution in [0.4, 0.5) is 0 Å². The van der Waals surface area contributed by atoms with Crippen molar-refractivity contribution < 1.29 is 23.9 Å². The molecule has 1 amide bonds. The first kappa shape index (κ1) is 22.9. The fraction of sp³-hybridized carbons (Fsp3) is 0.545. The topological polar surface area (TPSA) is 76.1 Å². The molecule has 6 nitrogen and oxygen atoms in total. The molecule has 2 atom stereocenters. The van der Waals surface area contributed by atoms with Gasteiger partial charge in [-0.05, 0) is 36.2 Å². The van der Waals surface area contributed by atoms with Crippen molar-refractivity contribution in [3.8, 4) is 0 Å². The summed E-state index contributed by atoms with van der Waals surface area (Å²) in [5, 5.41) is 10.4. The molecule has 1 fully saturated rings. The highest BCUT2D eigenvalue weighted by molar-refractivity contribution is 7.99. The summed E-state index contributed by atoms with van der Waals surface area (Å²) >= 11 is 1.58. The van der Waals surface area contributed by atoms with Gasteiger partial charge in [0, 0.05) is 5.75 Å². The van der Waals surface area contributed by atoms with Crippen LogP contribution in [0.3, 0.4) is 0 Å². The minimum absolute atomic E-state index is 0.157. The maximum absolute atomic E-state index is 12.8. The molecule has 0 radical (unpaired) electrons. The lowest BCUT2D eigenvalue weighted by atomic mass is 10.1. The Bertz CT molecular complexity index is 859. The van der Waals surface area contributed by atoms with Gasteiger partial charge in [-0.2, -0.15) is 0 Å². The lowest BCUT2D eigenvalue weighted by Crippen LogP contribution is -2.40. The molecule has 2 heterocycles. The van der Waals surface area contributed by atoms with E-state index in [1.807, 2.05) is 24.3 Å². The van der Waals surface area contributed by atoms with Crippen molar-refractivity contribution in [2.75, 3.05) is 12.4 Å². The molecular formula is C22H31NO5SSi. The number of carbonyl (C=O) groups is 2. The van der Waals surface area contributed by atoms with Crippen LogP contribution in [0.5, 0.6) is 0 Å². The van der Waals surface area contributed by atoms with Crippen LogP contribution in [0.2, 0.25) is 18.1 Å². The van der Waals surface area contributed by atoms with E-state index in [1.165, 1.54) is 0 Å². The molecule has 3 rings (SSSR count). The molecule has 0 saturated carbocycles. The number of thioether (sulfide) groups is 1. The van der Waals surface area contributed by atoms with Crippen LogP contribution in [-0.4, -0.2) is 48.6 Å². The number of ether oxygens (including phenoxy) is 1. The first-order valence-corrected chi connectivity index (χ1v) is 14.2. The van der Waals surface area contributed by atoms with Gasteiger partial charge in [0.2, 0.25) is 0 Å². The normalized spacial score (nSPS) is 21.9. The van der Waals surface area contributed by atoms with Crippen LogP contribution in [0.15, 0.2) is 35.6 Å². The second-order valence-corrected chi connectivity index (χ2v) is 15.1. The van der Waals surface area contributed by atoms with Gasteiger partial charge in [-0.25, -0.2) is 4.79 Å². The van der Waals surface area contributed by atoms with Gasteiger partial charge in [0.25, 0.3) is 5.91 Å². The second kappa shape index (κ2) is 8.40. The van der Waals surface area contributed by atoms with E-state index in [1.54, 1.807) is 23.6 Å². The molecule has 2 aliphatic heterocycles. The first-order chi connectivity index (χ1) is 14.0. The molecule has 0 aromatic heterocycles. The van der Waals surface area contributed by atoms with Gasteiger partial charge >= 0.3 is 5.97 Å². The number of nitrogens with zero attached hydrogens (tertiary/aromatic N) is 1. The van der Waals surface area contributed by atoms with E-state index < -0.39 is 26.2 Å². The number of amides is 1. The highest BCUT2D eigenvalue weighted by atomic mass is 32.2. The summed E-state index contributed by atoms with van der Waals surface area (Å²) in [7, 11) is -1.82. The quantitative estimate of drug-likeness (QED) is 0.390. The Balaban J connectivity index is 1.71. The third-order valence-electron chi connectivity index (χ3n) is 6.17. The van der Waals surface area contributed by atoms with Crippen LogP contribution in [0.25, 0.3) is 0 Å². The zero-order chi connectivity index (χ0) is 22.3. The monoisotopic (exact) mass is 449 g/mol. The van der Waals surface area contributed by atoms with E-state index >= 15 is 0 Å². The Kier molecular flexibility index (Phi) is 6.41. The predicted molar refractivity (Wildman–Crippen MR) is 121 cm³/mol. The van der Waals surface area contributed by atoms with Crippen LogP contribution in [-0.2, 0) is 25.4 Å². The summed E-state index contributed by atoms with van der Waals surface area (Å²) in [6.45, 7) is 13.5. The van der Waals surface area contributed by atoms with E-state index in [9.17, 15) is 14.7 Å². The molecule has 1 aromatic carbocycles. The maximum atomic E-state index is 12.8. The number of esters is 1. The molecular weight excluding hydrogens is 418 g/mol. The van der Waals surface area contributed by atoms with Crippen molar-refractivity contribution in [3.05, 3.63) is 46.7 Å². The summed E-state index contributed by atoms with van der Waals surface area (Å²) < 4.78 is 11.2. The number of hydrogen-bond donors (Lipinski definition) is 1. The Morgan fingerprint density at radius 3 is 2.47 bits per heavy atom. The standard InChI is InChI=1S/C22H31NO5SSi/c1-7-27-21(26)17-18(24)16-13-29-20(23(16)19(17)25)15-10-8-14(9-11-15)12-28-30(5,6)22(2,3)4/h8-11,16,20,24H,7,12-13H2,1-6H3. The van der Waals surface area contributed by atoms with Crippen LogP contribution >= 0.6 is 11.8 Å². The van der Waals surface area contributed by atoms with E-state index in [4.69, 9.17) is 9.16 Å². The Morgan fingerprint density at radius 2 is 1.90 bits per heavy atom. The molecule has 0 spiro atoms. The molecule has 2 unspecified atom stereocenters. The van der Waals surface area contributed by atoms with Gasteiger partial charge in [0.15, 0.2) is 13.9 Å². The number of carbonyl (C=O) groups excluding carboxylic acids is 2. The number of rotatable bonds is 6. The summed E-state index contributed by atoms with van der Waals surface area (Å²) in [5.74, 6) is -0.845. The summed E-state index contributed by atoms with van der Waals surface area (Å²) in [6, 6.07) is 7.56. The average molecular weight is 450 g/mol. The molecule has 1 N–H and O–H groups in total. The number of hydrogen-bond acceptors (Lipinski definition) is 6. The molecule has 1 aromatic rings. The van der Waals surface area contributed by atoms with Gasteiger partial charge in [-0.1, -0.05) is 45.0 Å². The molecule has 1 saturated heterocycles. The maximum Gasteiger partial charge on any atom is 0.347 e. The van der Waals surface area contributed by atoms with Crippen molar-refractivity contribution in [2.45, 2.75) is 63.8 Å². The predicted octanol–water partition coefficient (Wildman–Crippen LogP) is 4.54. The Morgan fingerprint density at radius 1 is 1.27 bits per heavy atom. The third kappa shape index (κ3) is 4.18. The first-order valence-electron chi connectivity index (χ1n) is 10.2. The minimum atomic E-state index is -1.82. The third-order valence-corrected chi connectivity index (χ3v) is 12.0. The fourth-order valence-electron chi connectivity index (χ4n) is 3.28. The molecule has 2 aliphatic rings. The molecule has 30 heavy (non-hydrogen) atoms. The van der Waals surface area contributed by atoms with Crippen molar-refractivity contribution in [2.24, 2.45) is 0 Å². The van der Waals surface area contributed by atoms with Gasteiger partial charge in [0.05, 0.1) is 13.2 Å². The number of benzene rings is 1. The molecule has 8 heteroatoms. The number of aliphatic hydroxyl groups is 1. The summed E-state index contributed by atoms with van der Waals surface area (Å²) in [6.07, 6.45) is 0. The highest BCUT2D eigenvalue weighted by Gasteiger charge is 2.50. The molecule has 164 valence electrons. The number of fused-ring (bicyclic) bond motifs is 1. The van der Waals surface area contributed by atoms with Gasteiger partial charge in [-0.15, -0.1) is 11.8 Å². The van der Waals surface area contributed by atoms with Crippen molar-refractivity contribution in [3.63, 3.8) is 0 Å². The smallest absolute Gasteiger partial charge is 0.347 e. The van der Waals surface area contributed by atoms with Crippen LogP contribution < -0.4 is 0 Å². The van der Waals surface area contributed by atoms with Crippen LogP contribution in [0.1, 0.15) is 44.2 Å². The van der Waals surface area contributed by atoms with E-state index in [-0.39, 0.29) is 28.4 Å². The van der Waals surface area contributed by atoms with E-state index in [0.717, 1.165) is 11.1 Å². The summed E-state index contributed by atoms with van der Waals surface area (Å²) in [4.78, 5) is 26.5. The lowest BCUT2D eigenvalue weighted by molar-refractivity contribution is -0.141. The van der Waals surface area contributed by atoms with Crippen LogP contribution in [0, 0.1) is 0 Å². The Hall–Kier alpha value is -1.77. The van der Waals surface area contributed by atoms with E-state index in [0.29, 0.717) is 12.4 Å². The Labute approximate surface area is 183 Å². The average Bonchev–Trinajstić information content (AvgIpc) is 3.20. The minimum Gasteiger partial charge on any atom is -0.509 e. The SMILES string of the molecule is CCOC(=O)C1=C(O)C2CSC(c3ccc(CO[Si](C)(C)C(C)(C)C)cc3)N2C1=O. The zero-order valence-corrected chi connectivity index (χ0v) is 20.3.